The molecule has 0 spiro atoms. The fourth-order valence-corrected chi connectivity index (χ4v) is 2.17. The van der Waals surface area contributed by atoms with Crippen molar-refractivity contribution in [2.24, 2.45) is 0 Å². The maximum atomic E-state index is 12.7. The molecule has 1 aliphatic heterocycles. The summed E-state index contributed by atoms with van der Waals surface area (Å²) in [5.41, 5.74) is -0.0574. The van der Waals surface area contributed by atoms with E-state index in [1.165, 1.54) is 12.1 Å². The van der Waals surface area contributed by atoms with Crippen LogP contribution in [-0.2, 0) is 10.9 Å². The average Bonchev–Trinajstić information content (AvgIpc) is 2.39. The molecule has 1 aliphatic rings. The fourth-order valence-electron chi connectivity index (χ4n) is 2.17. The molecule has 1 aromatic carbocycles. The number of alkyl halides is 3. The van der Waals surface area contributed by atoms with E-state index in [0.29, 0.717) is 18.7 Å². The summed E-state index contributed by atoms with van der Waals surface area (Å²) < 4.78 is 43.6. The molecule has 0 aliphatic carbocycles. The predicted octanol–water partition coefficient (Wildman–Crippen LogP) is 3.69. The minimum absolute atomic E-state index is 0. The van der Waals surface area contributed by atoms with Crippen LogP contribution in [0.15, 0.2) is 36.9 Å². The molecule has 1 heterocycles. The van der Waals surface area contributed by atoms with Gasteiger partial charge in [0.05, 0.1) is 18.3 Å². The zero-order valence-corrected chi connectivity index (χ0v) is 11.7. The van der Waals surface area contributed by atoms with Crippen molar-refractivity contribution >= 4 is 12.4 Å². The van der Waals surface area contributed by atoms with Gasteiger partial charge in [0.15, 0.2) is 0 Å². The van der Waals surface area contributed by atoms with E-state index >= 15 is 0 Å². The average molecular weight is 308 g/mol. The Hall–Kier alpha value is -1.04. The van der Waals surface area contributed by atoms with Gasteiger partial charge >= 0.3 is 6.18 Å². The highest BCUT2D eigenvalue weighted by molar-refractivity contribution is 5.85. The van der Waals surface area contributed by atoms with Crippen molar-refractivity contribution in [2.45, 2.75) is 12.3 Å². The van der Waals surface area contributed by atoms with Gasteiger partial charge in [-0.2, -0.15) is 13.2 Å². The maximum absolute atomic E-state index is 12.7. The molecular formula is C14H17ClF3NO. The van der Waals surface area contributed by atoms with E-state index < -0.39 is 11.7 Å². The van der Waals surface area contributed by atoms with Gasteiger partial charge in [-0.05, 0) is 17.7 Å². The van der Waals surface area contributed by atoms with Crippen molar-refractivity contribution in [2.75, 3.05) is 26.2 Å². The summed E-state index contributed by atoms with van der Waals surface area (Å²) in [6.07, 6.45) is -2.84. The molecule has 1 unspecified atom stereocenters. The third-order valence-corrected chi connectivity index (χ3v) is 3.12. The van der Waals surface area contributed by atoms with Gasteiger partial charge in [-0.15, -0.1) is 19.0 Å². The molecule has 0 aromatic heterocycles. The molecule has 6 heteroatoms. The first-order valence-electron chi connectivity index (χ1n) is 6.12. The molecule has 1 saturated heterocycles. The Bertz CT molecular complexity index is 450. The third-order valence-electron chi connectivity index (χ3n) is 3.12. The molecule has 1 fully saturated rings. The van der Waals surface area contributed by atoms with Crippen molar-refractivity contribution in [1.82, 2.24) is 4.90 Å². The molecule has 2 rings (SSSR count). The van der Waals surface area contributed by atoms with Crippen molar-refractivity contribution in [3.05, 3.63) is 48.0 Å². The Morgan fingerprint density at radius 1 is 1.40 bits per heavy atom. The summed E-state index contributed by atoms with van der Waals surface area (Å²) in [7, 11) is 0. The van der Waals surface area contributed by atoms with Gasteiger partial charge in [-0.1, -0.05) is 18.2 Å². The molecule has 112 valence electrons. The van der Waals surface area contributed by atoms with Crippen molar-refractivity contribution < 1.29 is 17.9 Å². The zero-order chi connectivity index (χ0) is 13.9. The van der Waals surface area contributed by atoms with E-state index in [1.54, 1.807) is 12.1 Å². The molecule has 20 heavy (non-hydrogen) atoms. The van der Waals surface area contributed by atoms with Gasteiger partial charge in [0, 0.05) is 19.6 Å². The number of halogens is 4. The fraction of sp³-hybridized carbons (Fsp3) is 0.429. The number of ether oxygens (including phenoxy) is 1. The van der Waals surface area contributed by atoms with E-state index in [2.05, 4.69) is 11.5 Å². The number of hydrogen-bond acceptors (Lipinski definition) is 2. The summed E-state index contributed by atoms with van der Waals surface area (Å²) in [5, 5.41) is 0. The smallest absolute Gasteiger partial charge is 0.371 e. The van der Waals surface area contributed by atoms with Crippen molar-refractivity contribution in [3.63, 3.8) is 0 Å². The summed E-state index contributed by atoms with van der Waals surface area (Å²) in [6.45, 7) is 6.28. The van der Waals surface area contributed by atoms with Crippen LogP contribution in [0.5, 0.6) is 0 Å². The van der Waals surface area contributed by atoms with Gasteiger partial charge in [0.1, 0.15) is 0 Å². The molecule has 0 radical (unpaired) electrons. The second kappa shape index (κ2) is 7.11. The summed E-state index contributed by atoms with van der Waals surface area (Å²) in [4.78, 5) is 2.11. The number of rotatable bonds is 3. The van der Waals surface area contributed by atoms with Crippen LogP contribution in [0, 0.1) is 0 Å². The Balaban J connectivity index is 0.00000200. The molecule has 1 aromatic rings. The Kier molecular flexibility index (Phi) is 6.05. The van der Waals surface area contributed by atoms with E-state index in [0.717, 1.165) is 19.2 Å². The third kappa shape index (κ3) is 4.23. The van der Waals surface area contributed by atoms with Gasteiger partial charge in [0.2, 0.25) is 0 Å². The number of nitrogens with zero attached hydrogens (tertiary/aromatic N) is 1. The molecule has 0 amide bonds. The highest BCUT2D eigenvalue weighted by Gasteiger charge is 2.31. The van der Waals surface area contributed by atoms with Crippen LogP contribution < -0.4 is 0 Å². The van der Waals surface area contributed by atoms with Crippen LogP contribution in [-0.4, -0.2) is 31.1 Å². The van der Waals surface area contributed by atoms with Crippen LogP contribution in [0.1, 0.15) is 17.2 Å². The molecular weight excluding hydrogens is 291 g/mol. The second-order valence-electron chi connectivity index (χ2n) is 4.53. The lowest BCUT2D eigenvalue weighted by Crippen LogP contribution is -2.38. The maximum Gasteiger partial charge on any atom is 0.416 e. The first-order chi connectivity index (χ1) is 9.00. The van der Waals surface area contributed by atoms with Crippen LogP contribution in [0.2, 0.25) is 0 Å². The molecule has 2 nitrogen and oxygen atoms in total. The highest BCUT2D eigenvalue weighted by Crippen LogP contribution is 2.32. The minimum atomic E-state index is -4.31. The Labute approximate surface area is 122 Å². The quantitative estimate of drug-likeness (QED) is 0.790. The van der Waals surface area contributed by atoms with E-state index in [4.69, 9.17) is 4.74 Å². The summed E-state index contributed by atoms with van der Waals surface area (Å²) >= 11 is 0. The summed E-state index contributed by atoms with van der Waals surface area (Å²) in [5.74, 6) is 0. The van der Waals surface area contributed by atoms with Crippen LogP contribution in [0.3, 0.4) is 0 Å². The predicted molar refractivity (Wildman–Crippen MR) is 74.0 cm³/mol. The highest BCUT2D eigenvalue weighted by atomic mass is 35.5. The van der Waals surface area contributed by atoms with Crippen LogP contribution >= 0.6 is 12.4 Å². The van der Waals surface area contributed by atoms with E-state index in [-0.39, 0.29) is 18.5 Å². The monoisotopic (exact) mass is 307 g/mol. The van der Waals surface area contributed by atoms with E-state index in [9.17, 15) is 13.2 Å². The normalized spacial score (nSPS) is 20.2. The lowest BCUT2D eigenvalue weighted by atomic mass is 10.0. The largest absolute Gasteiger partial charge is 0.416 e. The van der Waals surface area contributed by atoms with Gasteiger partial charge < -0.3 is 4.74 Å². The Morgan fingerprint density at radius 2 is 2.15 bits per heavy atom. The van der Waals surface area contributed by atoms with Gasteiger partial charge in [-0.25, -0.2) is 0 Å². The van der Waals surface area contributed by atoms with Crippen molar-refractivity contribution in [1.29, 1.82) is 0 Å². The number of benzene rings is 1. The SMILES string of the molecule is C=CCN1CCOC(c2cccc(C(F)(F)F)c2)C1.Cl. The van der Waals surface area contributed by atoms with Gasteiger partial charge in [-0.3, -0.25) is 4.90 Å². The van der Waals surface area contributed by atoms with Crippen LogP contribution in [0.25, 0.3) is 0 Å². The van der Waals surface area contributed by atoms with Gasteiger partial charge in [0.25, 0.3) is 0 Å². The number of morpholine rings is 1. The molecule has 0 bridgehead atoms. The zero-order valence-electron chi connectivity index (χ0n) is 10.9. The minimum Gasteiger partial charge on any atom is -0.371 e. The molecule has 1 atom stereocenters. The first-order valence-corrected chi connectivity index (χ1v) is 6.12. The second-order valence-corrected chi connectivity index (χ2v) is 4.53. The molecule has 0 saturated carbocycles. The Morgan fingerprint density at radius 3 is 2.80 bits per heavy atom. The first kappa shape index (κ1) is 17.0. The van der Waals surface area contributed by atoms with E-state index in [1.807, 2.05) is 0 Å². The van der Waals surface area contributed by atoms with Crippen LogP contribution in [0.4, 0.5) is 13.2 Å². The number of hydrogen-bond donors (Lipinski definition) is 0. The summed E-state index contributed by atoms with van der Waals surface area (Å²) in [6, 6.07) is 5.35. The molecule has 0 N–H and O–H groups in total. The standard InChI is InChI=1S/C14H16F3NO.ClH/c1-2-6-18-7-8-19-13(10-18)11-4-3-5-12(9-11)14(15,16)17;/h2-5,9,13H,1,6-8,10H2;1H. The lowest BCUT2D eigenvalue weighted by molar-refractivity contribution is -0.137. The topological polar surface area (TPSA) is 12.5 Å². The van der Waals surface area contributed by atoms with Crippen molar-refractivity contribution in [3.8, 4) is 0 Å². The lowest BCUT2D eigenvalue weighted by Gasteiger charge is -2.32.